The molecule has 25 heavy (non-hydrogen) atoms. The van der Waals surface area contributed by atoms with Gasteiger partial charge < -0.3 is 14.2 Å². The van der Waals surface area contributed by atoms with Gasteiger partial charge in [-0.15, -0.1) is 0 Å². The van der Waals surface area contributed by atoms with E-state index in [1.54, 1.807) is 25.3 Å². The van der Waals surface area contributed by atoms with E-state index >= 15 is 0 Å². The zero-order valence-electron chi connectivity index (χ0n) is 14.2. The molecule has 1 aliphatic rings. The Kier molecular flexibility index (Phi) is 5.66. The van der Waals surface area contributed by atoms with Crippen LogP contribution in [0.2, 0.25) is 0 Å². The second-order valence-corrected chi connectivity index (χ2v) is 6.08. The van der Waals surface area contributed by atoms with Crippen molar-refractivity contribution in [3.05, 3.63) is 65.0 Å². The van der Waals surface area contributed by atoms with Crippen molar-refractivity contribution in [2.45, 2.75) is 32.0 Å². The van der Waals surface area contributed by atoms with Gasteiger partial charge in [-0.25, -0.2) is 9.18 Å². The Morgan fingerprint density at radius 3 is 2.76 bits per heavy atom. The summed E-state index contributed by atoms with van der Waals surface area (Å²) in [6.07, 6.45) is 2.14. The largest absolute Gasteiger partial charge is 0.497 e. The molecule has 2 aromatic rings. The van der Waals surface area contributed by atoms with Gasteiger partial charge in [-0.3, -0.25) is 0 Å². The van der Waals surface area contributed by atoms with Crippen molar-refractivity contribution >= 4 is 5.97 Å². The summed E-state index contributed by atoms with van der Waals surface area (Å²) < 4.78 is 29.1. The summed E-state index contributed by atoms with van der Waals surface area (Å²) in [6.45, 7) is 1.02. The van der Waals surface area contributed by atoms with Crippen molar-refractivity contribution in [1.82, 2.24) is 0 Å². The normalized spacial score (nSPS) is 16.2. The maximum Gasteiger partial charge on any atom is 0.338 e. The fourth-order valence-electron chi connectivity index (χ4n) is 2.90. The third-order valence-corrected chi connectivity index (χ3v) is 4.25. The lowest BCUT2D eigenvalue weighted by Crippen LogP contribution is -2.28. The standard InChI is InChI=1S/C20H21FO4/c1-23-17-9-6-15-11-18(25-20(22)19(15)12-17)3-2-10-24-13-14-4-7-16(21)8-5-14/h4-9,12,18H,2-3,10-11,13H2,1H3. The first-order valence-corrected chi connectivity index (χ1v) is 8.36. The van der Waals surface area contributed by atoms with Gasteiger partial charge >= 0.3 is 5.97 Å². The van der Waals surface area contributed by atoms with E-state index in [1.807, 2.05) is 12.1 Å². The predicted octanol–water partition coefficient (Wildman–Crippen LogP) is 3.91. The number of halogens is 1. The highest BCUT2D eigenvalue weighted by molar-refractivity contribution is 5.92. The zero-order valence-corrected chi connectivity index (χ0v) is 14.2. The molecule has 0 saturated heterocycles. The van der Waals surface area contributed by atoms with Crippen LogP contribution >= 0.6 is 0 Å². The van der Waals surface area contributed by atoms with Crippen molar-refractivity contribution in [1.29, 1.82) is 0 Å². The Hall–Kier alpha value is -2.40. The average molecular weight is 344 g/mol. The molecule has 0 bridgehead atoms. The Bertz CT molecular complexity index is 727. The molecule has 0 amide bonds. The van der Waals surface area contributed by atoms with E-state index in [0.29, 0.717) is 30.9 Å². The highest BCUT2D eigenvalue weighted by Gasteiger charge is 2.26. The molecule has 1 atom stereocenters. The molecule has 0 radical (unpaired) electrons. The first kappa shape index (κ1) is 17.4. The number of ether oxygens (including phenoxy) is 3. The van der Waals surface area contributed by atoms with Crippen molar-refractivity contribution in [3.63, 3.8) is 0 Å². The molecule has 5 heteroatoms. The first-order valence-electron chi connectivity index (χ1n) is 8.36. The number of esters is 1. The fourth-order valence-corrected chi connectivity index (χ4v) is 2.90. The molecular formula is C20H21FO4. The molecule has 0 fully saturated rings. The summed E-state index contributed by atoms with van der Waals surface area (Å²) in [4.78, 5) is 12.1. The summed E-state index contributed by atoms with van der Waals surface area (Å²) in [5.41, 5.74) is 2.52. The van der Waals surface area contributed by atoms with Gasteiger partial charge in [0.15, 0.2) is 0 Å². The van der Waals surface area contributed by atoms with Crippen LogP contribution in [0.25, 0.3) is 0 Å². The topological polar surface area (TPSA) is 44.8 Å². The van der Waals surface area contributed by atoms with Crippen LogP contribution < -0.4 is 4.74 Å². The zero-order chi connectivity index (χ0) is 17.6. The molecule has 0 saturated carbocycles. The highest BCUT2D eigenvalue weighted by Crippen LogP contribution is 2.26. The lowest BCUT2D eigenvalue weighted by molar-refractivity contribution is 0.0200. The number of methoxy groups -OCH3 is 1. The number of benzene rings is 2. The van der Waals surface area contributed by atoms with Gasteiger partial charge in [0.1, 0.15) is 17.7 Å². The molecule has 0 aliphatic carbocycles. The minimum Gasteiger partial charge on any atom is -0.497 e. The van der Waals surface area contributed by atoms with Gasteiger partial charge in [-0.2, -0.15) is 0 Å². The Labute approximate surface area is 146 Å². The van der Waals surface area contributed by atoms with Gasteiger partial charge in [-0.1, -0.05) is 18.2 Å². The summed E-state index contributed by atoms with van der Waals surface area (Å²) in [5.74, 6) is 0.112. The van der Waals surface area contributed by atoms with E-state index < -0.39 is 0 Å². The van der Waals surface area contributed by atoms with Crippen molar-refractivity contribution < 1.29 is 23.4 Å². The molecule has 4 nitrogen and oxygen atoms in total. The minimum absolute atomic E-state index is 0.122. The molecule has 132 valence electrons. The van der Waals surface area contributed by atoms with Crippen LogP contribution in [-0.4, -0.2) is 25.8 Å². The molecule has 1 heterocycles. The lowest BCUT2D eigenvalue weighted by Gasteiger charge is -2.25. The van der Waals surface area contributed by atoms with Crippen LogP contribution in [0.3, 0.4) is 0 Å². The van der Waals surface area contributed by atoms with Crippen LogP contribution in [0, 0.1) is 5.82 Å². The van der Waals surface area contributed by atoms with Crippen LogP contribution in [0.1, 0.15) is 34.3 Å². The second kappa shape index (κ2) is 8.12. The van der Waals surface area contributed by atoms with Gasteiger partial charge in [0.25, 0.3) is 0 Å². The molecule has 0 aromatic heterocycles. The minimum atomic E-state index is -0.294. The maximum atomic E-state index is 12.8. The number of hydrogen-bond acceptors (Lipinski definition) is 4. The number of rotatable bonds is 7. The van der Waals surface area contributed by atoms with Crippen molar-refractivity contribution in [2.24, 2.45) is 0 Å². The van der Waals surface area contributed by atoms with E-state index in [-0.39, 0.29) is 17.9 Å². The van der Waals surface area contributed by atoms with Gasteiger partial charge in [0.05, 0.1) is 19.3 Å². The molecule has 1 aliphatic heterocycles. The predicted molar refractivity (Wildman–Crippen MR) is 91.2 cm³/mol. The summed E-state index contributed by atoms with van der Waals surface area (Å²) in [6, 6.07) is 11.8. The highest BCUT2D eigenvalue weighted by atomic mass is 19.1. The van der Waals surface area contributed by atoms with E-state index in [4.69, 9.17) is 14.2 Å². The van der Waals surface area contributed by atoms with Gasteiger partial charge in [-0.05, 0) is 48.2 Å². The first-order chi connectivity index (χ1) is 12.2. The third kappa shape index (κ3) is 4.57. The van der Waals surface area contributed by atoms with Crippen molar-refractivity contribution in [2.75, 3.05) is 13.7 Å². The number of fused-ring (bicyclic) bond motifs is 1. The lowest BCUT2D eigenvalue weighted by atomic mass is 9.96. The number of hydrogen-bond donors (Lipinski definition) is 0. The number of carbonyl (C=O) groups excluding carboxylic acids is 1. The van der Waals surface area contributed by atoms with E-state index in [2.05, 4.69) is 0 Å². The average Bonchev–Trinajstić information content (AvgIpc) is 2.63. The monoisotopic (exact) mass is 344 g/mol. The second-order valence-electron chi connectivity index (χ2n) is 6.08. The number of carbonyl (C=O) groups is 1. The summed E-state index contributed by atoms with van der Waals surface area (Å²) in [7, 11) is 1.57. The van der Waals surface area contributed by atoms with E-state index in [9.17, 15) is 9.18 Å². The smallest absolute Gasteiger partial charge is 0.338 e. The molecule has 1 unspecified atom stereocenters. The maximum absolute atomic E-state index is 12.8. The number of cyclic esters (lactones) is 1. The van der Waals surface area contributed by atoms with Crippen LogP contribution in [0.15, 0.2) is 42.5 Å². The molecule has 3 rings (SSSR count). The van der Waals surface area contributed by atoms with Gasteiger partial charge in [0.2, 0.25) is 0 Å². The Morgan fingerprint density at radius 1 is 1.20 bits per heavy atom. The summed E-state index contributed by atoms with van der Waals surface area (Å²) >= 11 is 0. The van der Waals surface area contributed by atoms with Crippen LogP contribution in [0.4, 0.5) is 4.39 Å². The van der Waals surface area contributed by atoms with Crippen LogP contribution in [-0.2, 0) is 22.5 Å². The summed E-state index contributed by atoms with van der Waals surface area (Å²) in [5, 5.41) is 0. The van der Waals surface area contributed by atoms with E-state index in [0.717, 1.165) is 24.0 Å². The fraction of sp³-hybridized carbons (Fsp3) is 0.350. The molecule has 0 N–H and O–H groups in total. The third-order valence-electron chi connectivity index (χ3n) is 4.25. The van der Waals surface area contributed by atoms with Crippen molar-refractivity contribution in [3.8, 4) is 5.75 Å². The quantitative estimate of drug-likeness (QED) is 0.564. The van der Waals surface area contributed by atoms with Crippen LogP contribution in [0.5, 0.6) is 5.75 Å². The van der Waals surface area contributed by atoms with Gasteiger partial charge in [0, 0.05) is 13.0 Å². The van der Waals surface area contributed by atoms with E-state index in [1.165, 1.54) is 12.1 Å². The Morgan fingerprint density at radius 2 is 2.00 bits per heavy atom. The SMILES string of the molecule is COc1ccc2c(c1)C(=O)OC(CCCOCc1ccc(F)cc1)C2. The molecular weight excluding hydrogens is 323 g/mol. The Balaban J connectivity index is 1.43. The molecule has 2 aromatic carbocycles. The molecule has 0 spiro atoms.